The predicted octanol–water partition coefficient (Wildman–Crippen LogP) is 3.13. The molecule has 1 atom stereocenters. The molecule has 1 unspecified atom stereocenters. The summed E-state index contributed by atoms with van der Waals surface area (Å²) >= 11 is 0. The Morgan fingerprint density at radius 2 is 1.90 bits per heavy atom. The van der Waals surface area contributed by atoms with Crippen LogP contribution in [0.2, 0.25) is 0 Å². The molecule has 1 heterocycles. The van der Waals surface area contributed by atoms with Crippen molar-refractivity contribution in [3.63, 3.8) is 0 Å². The van der Waals surface area contributed by atoms with Crippen LogP contribution < -0.4 is 10.1 Å². The molecule has 3 rings (SSSR count). The van der Waals surface area contributed by atoms with Crippen molar-refractivity contribution >= 4 is 0 Å². The van der Waals surface area contributed by atoms with Gasteiger partial charge in [-0.3, -0.25) is 0 Å². The molecule has 0 saturated carbocycles. The molecular weight excluding hydrogens is 246 g/mol. The van der Waals surface area contributed by atoms with Gasteiger partial charge in [-0.15, -0.1) is 0 Å². The maximum absolute atomic E-state index is 5.92. The molecule has 0 bridgehead atoms. The fourth-order valence-corrected chi connectivity index (χ4v) is 2.74. The van der Waals surface area contributed by atoms with Gasteiger partial charge in [0.25, 0.3) is 0 Å². The first kappa shape index (κ1) is 13.2. The average Bonchev–Trinajstić information content (AvgIpc) is 2.88. The van der Waals surface area contributed by atoms with E-state index >= 15 is 0 Å². The van der Waals surface area contributed by atoms with Crippen molar-refractivity contribution in [3.8, 4) is 5.75 Å². The Morgan fingerprint density at radius 3 is 2.75 bits per heavy atom. The molecule has 0 spiro atoms. The van der Waals surface area contributed by atoms with Crippen molar-refractivity contribution in [2.45, 2.75) is 25.9 Å². The maximum Gasteiger partial charge on any atom is 0.123 e. The first-order valence-electron chi connectivity index (χ1n) is 7.33. The van der Waals surface area contributed by atoms with Gasteiger partial charge in [-0.1, -0.05) is 42.5 Å². The maximum atomic E-state index is 5.92. The highest BCUT2D eigenvalue weighted by atomic mass is 16.5. The zero-order valence-electron chi connectivity index (χ0n) is 11.9. The summed E-state index contributed by atoms with van der Waals surface area (Å²) in [6.45, 7) is 4.09. The third-order valence-electron chi connectivity index (χ3n) is 3.92. The molecule has 0 aromatic heterocycles. The van der Waals surface area contributed by atoms with E-state index in [9.17, 15) is 0 Å². The fraction of sp³-hybridized carbons (Fsp3) is 0.333. The third-order valence-corrected chi connectivity index (χ3v) is 3.92. The number of rotatable bonds is 5. The van der Waals surface area contributed by atoms with Gasteiger partial charge in [0.1, 0.15) is 11.9 Å². The molecule has 2 heteroatoms. The number of hydrogen-bond acceptors (Lipinski definition) is 2. The fourth-order valence-electron chi connectivity index (χ4n) is 2.74. The SMILES string of the molecule is Cc1ccccc1CCNCC1Cc2ccccc2O1. The largest absolute Gasteiger partial charge is 0.488 e. The predicted molar refractivity (Wildman–Crippen MR) is 82.3 cm³/mol. The van der Waals surface area contributed by atoms with E-state index in [0.717, 1.165) is 31.7 Å². The highest BCUT2D eigenvalue weighted by Gasteiger charge is 2.21. The van der Waals surface area contributed by atoms with Crippen LogP contribution in [0.25, 0.3) is 0 Å². The zero-order chi connectivity index (χ0) is 13.8. The van der Waals surface area contributed by atoms with Crippen molar-refractivity contribution in [3.05, 3.63) is 65.2 Å². The Morgan fingerprint density at radius 1 is 1.10 bits per heavy atom. The molecule has 1 aliphatic rings. The van der Waals surface area contributed by atoms with Gasteiger partial charge in [0.05, 0.1) is 0 Å². The van der Waals surface area contributed by atoms with Crippen LogP contribution in [-0.2, 0) is 12.8 Å². The Kier molecular flexibility index (Phi) is 4.03. The van der Waals surface area contributed by atoms with Gasteiger partial charge in [-0.2, -0.15) is 0 Å². The van der Waals surface area contributed by atoms with Gasteiger partial charge in [0.2, 0.25) is 0 Å². The molecule has 2 aromatic carbocycles. The molecule has 2 aromatic rings. The van der Waals surface area contributed by atoms with Crippen molar-refractivity contribution < 1.29 is 4.74 Å². The number of ether oxygens (including phenoxy) is 1. The van der Waals surface area contributed by atoms with Crippen LogP contribution in [-0.4, -0.2) is 19.2 Å². The lowest BCUT2D eigenvalue weighted by Crippen LogP contribution is -2.31. The van der Waals surface area contributed by atoms with Gasteiger partial charge in [0.15, 0.2) is 0 Å². The van der Waals surface area contributed by atoms with E-state index in [-0.39, 0.29) is 6.10 Å². The molecule has 1 N–H and O–H groups in total. The third kappa shape index (κ3) is 3.02. The summed E-state index contributed by atoms with van der Waals surface area (Å²) in [5.74, 6) is 1.05. The van der Waals surface area contributed by atoms with Gasteiger partial charge >= 0.3 is 0 Å². The second-order valence-corrected chi connectivity index (χ2v) is 5.43. The summed E-state index contributed by atoms with van der Waals surface area (Å²) in [5.41, 5.74) is 4.13. The molecular formula is C18H21NO. The molecule has 2 nitrogen and oxygen atoms in total. The molecule has 0 aliphatic carbocycles. The van der Waals surface area contributed by atoms with Crippen LogP contribution in [0.15, 0.2) is 48.5 Å². The van der Waals surface area contributed by atoms with E-state index in [0.29, 0.717) is 0 Å². The van der Waals surface area contributed by atoms with Crippen LogP contribution in [0, 0.1) is 6.92 Å². The highest BCUT2D eigenvalue weighted by Crippen LogP contribution is 2.27. The molecule has 0 saturated heterocycles. The van der Waals surface area contributed by atoms with Crippen LogP contribution >= 0.6 is 0 Å². The van der Waals surface area contributed by atoms with E-state index in [1.807, 2.05) is 6.07 Å². The molecule has 0 amide bonds. The van der Waals surface area contributed by atoms with E-state index < -0.39 is 0 Å². The topological polar surface area (TPSA) is 21.3 Å². The van der Waals surface area contributed by atoms with E-state index in [1.165, 1.54) is 16.7 Å². The summed E-state index contributed by atoms with van der Waals surface area (Å²) < 4.78 is 5.92. The van der Waals surface area contributed by atoms with Crippen LogP contribution in [0.4, 0.5) is 0 Å². The number of nitrogens with one attached hydrogen (secondary N) is 1. The minimum Gasteiger partial charge on any atom is -0.488 e. The van der Waals surface area contributed by atoms with Crippen LogP contribution in [0.1, 0.15) is 16.7 Å². The zero-order valence-corrected chi connectivity index (χ0v) is 11.9. The highest BCUT2D eigenvalue weighted by molar-refractivity contribution is 5.37. The van der Waals surface area contributed by atoms with E-state index in [4.69, 9.17) is 4.74 Å². The lowest BCUT2D eigenvalue weighted by molar-refractivity contribution is 0.228. The van der Waals surface area contributed by atoms with Crippen LogP contribution in [0.3, 0.4) is 0 Å². The Bertz CT molecular complexity index is 554. The molecule has 0 radical (unpaired) electrons. The lowest BCUT2D eigenvalue weighted by atomic mass is 10.1. The smallest absolute Gasteiger partial charge is 0.123 e. The Hall–Kier alpha value is -1.80. The number of benzene rings is 2. The average molecular weight is 267 g/mol. The van der Waals surface area contributed by atoms with Crippen molar-refractivity contribution in [1.29, 1.82) is 0 Å². The Labute approximate surface area is 120 Å². The molecule has 1 aliphatic heterocycles. The summed E-state index contributed by atoms with van der Waals surface area (Å²) in [5, 5.41) is 3.51. The van der Waals surface area contributed by atoms with Gasteiger partial charge in [-0.25, -0.2) is 0 Å². The number of para-hydroxylation sites is 1. The van der Waals surface area contributed by atoms with Crippen molar-refractivity contribution in [2.75, 3.05) is 13.1 Å². The van der Waals surface area contributed by atoms with Crippen molar-refractivity contribution in [2.24, 2.45) is 0 Å². The number of hydrogen-bond donors (Lipinski definition) is 1. The quantitative estimate of drug-likeness (QED) is 0.840. The molecule has 20 heavy (non-hydrogen) atoms. The van der Waals surface area contributed by atoms with Gasteiger partial charge in [-0.05, 0) is 42.6 Å². The van der Waals surface area contributed by atoms with Crippen LogP contribution in [0.5, 0.6) is 5.75 Å². The first-order valence-corrected chi connectivity index (χ1v) is 7.33. The number of fused-ring (bicyclic) bond motifs is 1. The molecule has 104 valence electrons. The second-order valence-electron chi connectivity index (χ2n) is 5.43. The van der Waals surface area contributed by atoms with Gasteiger partial charge < -0.3 is 10.1 Å². The minimum absolute atomic E-state index is 0.282. The second kappa shape index (κ2) is 6.10. The summed E-state index contributed by atoms with van der Waals surface area (Å²) in [6.07, 6.45) is 2.38. The summed E-state index contributed by atoms with van der Waals surface area (Å²) in [6, 6.07) is 16.9. The number of aryl methyl sites for hydroxylation is 1. The first-order chi connectivity index (χ1) is 9.83. The summed E-state index contributed by atoms with van der Waals surface area (Å²) in [4.78, 5) is 0. The molecule has 0 fully saturated rings. The minimum atomic E-state index is 0.282. The lowest BCUT2D eigenvalue weighted by Gasteiger charge is -2.12. The standard InChI is InChI=1S/C18H21NO/c1-14-6-2-3-7-15(14)10-11-19-13-17-12-16-8-4-5-9-18(16)20-17/h2-9,17,19H,10-13H2,1H3. The van der Waals surface area contributed by atoms with E-state index in [1.54, 1.807) is 0 Å². The monoisotopic (exact) mass is 267 g/mol. The van der Waals surface area contributed by atoms with E-state index in [2.05, 4.69) is 54.7 Å². The Balaban J connectivity index is 1.43. The normalized spacial score (nSPS) is 16.8. The summed E-state index contributed by atoms with van der Waals surface area (Å²) in [7, 11) is 0. The van der Waals surface area contributed by atoms with Gasteiger partial charge in [0, 0.05) is 13.0 Å². The van der Waals surface area contributed by atoms with Crippen molar-refractivity contribution in [1.82, 2.24) is 5.32 Å².